The molecule has 0 aromatic rings. The maximum atomic E-state index is 5.39. The zero-order chi connectivity index (χ0) is 20.6. The highest BCUT2D eigenvalue weighted by Gasteiger charge is 2.32. The molecule has 3 fully saturated rings. The second-order valence-electron chi connectivity index (χ2n) is 9.91. The minimum absolute atomic E-state index is 0.461. The van der Waals surface area contributed by atoms with Crippen molar-refractivity contribution in [2.75, 3.05) is 28.2 Å². The molecule has 0 atom stereocenters. The molecule has 0 N–H and O–H groups in total. The van der Waals surface area contributed by atoms with E-state index in [4.69, 9.17) is 9.98 Å². The first-order valence-corrected chi connectivity index (χ1v) is 12.4. The van der Waals surface area contributed by atoms with E-state index in [0.29, 0.717) is 18.1 Å². The first-order valence-electron chi connectivity index (χ1n) is 12.4. The highest BCUT2D eigenvalue weighted by molar-refractivity contribution is 5.95. The van der Waals surface area contributed by atoms with Crippen LogP contribution in [0.3, 0.4) is 0 Å². The van der Waals surface area contributed by atoms with Crippen LogP contribution in [0.1, 0.15) is 96.3 Å². The van der Waals surface area contributed by atoms with Crippen molar-refractivity contribution >= 4 is 11.9 Å². The topological polar surface area (TPSA) is 34.4 Å². The molecule has 0 heterocycles. The zero-order valence-electron chi connectivity index (χ0n) is 19.6. The largest absolute Gasteiger partial charge is 0.349 e. The molecule has 0 aromatic heterocycles. The van der Waals surface area contributed by atoms with Crippen molar-refractivity contribution in [3.8, 4) is 0 Å². The molecule has 5 heteroatoms. The van der Waals surface area contributed by atoms with E-state index in [-0.39, 0.29) is 0 Å². The third kappa shape index (κ3) is 6.36. The fraction of sp³-hybridized carbons (Fsp3) is 0.917. The van der Waals surface area contributed by atoms with Gasteiger partial charge in [0.05, 0.1) is 6.04 Å². The summed E-state index contributed by atoms with van der Waals surface area (Å²) in [5.74, 6) is 2.06. The Morgan fingerprint density at radius 2 is 1.00 bits per heavy atom. The third-order valence-electron chi connectivity index (χ3n) is 7.04. The molecule has 3 aliphatic carbocycles. The average molecular weight is 404 g/mol. The van der Waals surface area contributed by atoms with Crippen LogP contribution in [0.15, 0.2) is 9.98 Å². The first-order chi connectivity index (χ1) is 14.1. The lowest BCUT2D eigenvalue weighted by Crippen LogP contribution is -2.50. The number of nitrogens with zero attached hydrogens (tertiary/aromatic N) is 5. The van der Waals surface area contributed by atoms with E-state index in [1.54, 1.807) is 0 Å². The van der Waals surface area contributed by atoms with Gasteiger partial charge in [-0.25, -0.2) is 4.99 Å². The van der Waals surface area contributed by atoms with Crippen molar-refractivity contribution in [2.45, 2.75) is 114 Å². The van der Waals surface area contributed by atoms with Gasteiger partial charge in [0, 0.05) is 40.3 Å². The van der Waals surface area contributed by atoms with Gasteiger partial charge in [0.15, 0.2) is 0 Å². The zero-order valence-corrected chi connectivity index (χ0v) is 19.6. The monoisotopic (exact) mass is 403 g/mol. The summed E-state index contributed by atoms with van der Waals surface area (Å²) in [6, 6.07) is 1.72. The minimum Gasteiger partial charge on any atom is -0.349 e. The Balaban J connectivity index is 1.97. The van der Waals surface area contributed by atoms with Crippen LogP contribution < -0.4 is 0 Å². The average Bonchev–Trinajstić information content (AvgIpc) is 2.74. The molecule has 0 saturated heterocycles. The Morgan fingerprint density at radius 1 is 0.586 bits per heavy atom. The molecule has 0 spiro atoms. The van der Waals surface area contributed by atoms with Crippen LogP contribution >= 0.6 is 0 Å². The van der Waals surface area contributed by atoms with Gasteiger partial charge >= 0.3 is 0 Å². The summed E-state index contributed by atoms with van der Waals surface area (Å²) in [6.45, 7) is 0. The summed E-state index contributed by atoms with van der Waals surface area (Å²) in [6.07, 6.45) is 20.0. The molecule has 3 rings (SSSR count). The molecule has 0 radical (unpaired) electrons. The van der Waals surface area contributed by atoms with Crippen LogP contribution in [0.2, 0.25) is 0 Å². The van der Waals surface area contributed by atoms with E-state index < -0.39 is 0 Å². The number of hydrogen-bond donors (Lipinski definition) is 0. The van der Waals surface area contributed by atoms with Crippen LogP contribution in [0.4, 0.5) is 0 Å². The predicted octanol–water partition coefficient (Wildman–Crippen LogP) is 5.12. The smallest absolute Gasteiger partial charge is 0.224 e. The molecule has 3 saturated carbocycles. The van der Waals surface area contributed by atoms with E-state index in [1.165, 1.54) is 96.3 Å². The van der Waals surface area contributed by atoms with Crippen molar-refractivity contribution in [3.05, 3.63) is 0 Å². The van der Waals surface area contributed by atoms with E-state index in [9.17, 15) is 0 Å². The van der Waals surface area contributed by atoms with Gasteiger partial charge in [0.1, 0.15) is 0 Å². The van der Waals surface area contributed by atoms with Gasteiger partial charge in [0.25, 0.3) is 0 Å². The van der Waals surface area contributed by atoms with Crippen LogP contribution in [0.5, 0.6) is 0 Å². The molecular formula is C24H45N5. The second-order valence-corrected chi connectivity index (χ2v) is 9.91. The van der Waals surface area contributed by atoms with Gasteiger partial charge in [-0.3, -0.25) is 0 Å². The minimum atomic E-state index is 0.461. The lowest BCUT2D eigenvalue weighted by molar-refractivity contribution is 0.154. The molecule has 3 aliphatic rings. The molecule has 0 aromatic carbocycles. The molecule has 0 bridgehead atoms. The Morgan fingerprint density at radius 3 is 1.41 bits per heavy atom. The summed E-state index contributed by atoms with van der Waals surface area (Å²) < 4.78 is 0. The summed E-state index contributed by atoms with van der Waals surface area (Å²) in [5.41, 5.74) is 0. The van der Waals surface area contributed by atoms with Gasteiger partial charge < -0.3 is 14.7 Å². The summed E-state index contributed by atoms with van der Waals surface area (Å²) in [7, 11) is 8.40. The third-order valence-corrected chi connectivity index (χ3v) is 7.04. The molecule has 29 heavy (non-hydrogen) atoms. The summed E-state index contributed by atoms with van der Waals surface area (Å²) in [5, 5.41) is 0. The van der Waals surface area contributed by atoms with Crippen molar-refractivity contribution < 1.29 is 0 Å². The maximum absolute atomic E-state index is 5.39. The fourth-order valence-electron chi connectivity index (χ4n) is 5.56. The number of hydrogen-bond acceptors (Lipinski definition) is 1. The SMILES string of the molecule is CN(C)C(=NC(=NC1CCCCC1)N(C1CCCCC1)C1CCCCC1)N(C)C. The number of aliphatic imine (C=N–C) groups is 2. The maximum Gasteiger partial charge on any atom is 0.224 e. The molecule has 5 nitrogen and oxygen atoms in total. The Kier molecular flexibility index (Phi) is 8.68. The molecular weight excluding hydrogens is 358 g/mol. The lowest BCUT2D eigenvalue weighted by atomic mass is 9.89. The molecule has 0 amide bonds. The highest BCUT2D eigenvalue weighted by Crippen LogP contribution is 2.32. The van der Waals surface area contributed by atoms with Crippen molar-refractivity contribution in [1.82, 2.24) is 14.7 Å². The van der Waals surface area contributed by atoms with E-state index in [2.05, 4.69) is 42.9 Å². The Bertz CT molecular complexity index is 507. The van der Waals surface area contributed by atoms with Gasteiger partial charge in [-0.1, -0.05) is 57.8 Å². The summed E-state index contributed by atoms with van der Waals surface area (Å²) in [4.78, 5) is 17.6. The van der Waals surface area contributed by atoms with Crippen molar-refractivity contribution in [3.63, 3.8) is 0 Å². The quantitative estimate of drug-likeness (QED) is 0.484. The lowest BCUT2D eigenvalue weighted by Gasteiger charge is -2.43. The predicted molar refractivity (Wildman–Crippen MR) is 125 cm³/mol. The van der Waals surface area contributed by atoms with E-state index in [1.807, 2.05) is 0 Å². The van der Waals surface area contributed by atoms with Gasteiger partial charge in [-0.05, 0) is 38.5 Å². The standard InChI is InChI=1S/C24H45N5/c1-27(2)24(28(3)4)26-23(25-20-14-8-5-9-15-20)29(21-16-10-6-11-17-21)22-18-12-7-13-19-22/h20-22H,5-19H2,1-4H3. The Hall–Kier alpha value is -1.26. The van der Waals surface area contributed by atoms with Crippen LogP contribution in [-0.4, -0.2) is 72.9 Å². The van der Waals surface area contributed by atoms with Crippen LogP contribution in [-0.2, 0) is 0 Å². The van der Waals surface area contributed by atoms with Gasteiger partial charge in [0.2, 0.25) is 11.9 Å². The molecule has 0 aliphatic heterocycles. The highest BCUT2D eigenvalue weighted by atomic mass is 15.4. The van der Waals surface area contributed by atoms with Crippen LogP contribution in [0.25, 0.3) is 0 Å². The first kappa shape index (κ1) is 22.4. The Labute approximate surface area is 179 Å². The normalized spacial score (nSPS) is 23.0. The second kappa shape index (κ2) is 11.2. The summed E-state index contributed by atoms with van der Waals surface area (Å²) >= 11 is 0. The van der Waals surface area contributed by atoms with Gasteiger partial charge in [-0.2, -0.15) is 4.99 Å². The number of rotatable bonds is 3. The van der Waals surface area contributed by atoms with Crippen LogP contribution in [0, 0.1) is 0 Å². The molecule has 0 unspecified atom stereocenters. The fourth-order valence-corrected chi connectivity index (χ4v) is 5.56. The van der Waals surface area contributed by atoms with Crippen molar-refractivity contribution in [1.29, 1.82) is 0 Å². The van der Waals surface area contributed by atoms with Crippen molar-refractivity contribution in [2.24, 2.45) is 9.98 Å². The molecule has 166 valence electrons. The van der Waals surface area contributed by atoms with E-state index >= 15 is 0 Å². The van der Waals surface area contributed by atoms with Gasteiger partial charge in [-0.15, -0.1) is 0 Å². The van der Waals surface area contributed by atoms with E-state index in [0.717, 1.165) is 11.9 Å². The number of guanidine groups is 2.